The van der Waals surface area contributed by atoms with Gasteiger partial charge in [0.05, 0.1) is 11.9 Å². The Morgan fingerprint density at radius 3 is 2.37 bits per heavy atom. The molecule has 0 saturated carbocycles. The Hall–Kier alpha value is -2.86. The third-order valence-corrected chi connectivity index (χ3v) is 5.11. The maximum Gasteiger partial charge on any atom is 0.275 e. The van der Waals surface area contributed by atoms with Crippen molar-refractivity contribution in [3.63, 3.8) is 0 Å². The molecule has 4 rings (SSSR count). The number of aromatic nitrogens is 2. The summed E-state index contributed by atoms with van der Waals surface area (Å²) in [5.41, 5.74) is 2.22. The van der Waals surface area contributed by atoms with Crippen LogP contribution in [0.25, 0.3) is 10.9 Å². The Morgan fingerprint density at radius 1 is 0.963 bits per heavy atom. The van der Waals surface area contributed by atoms with Gasteiger partial charge in [-0.25, -0.2) is 0 Å². The smallest absolute Gasteiger partial charge is 0.275 e. The van der Waals surface area contributed by atoms with E-state index in [1.54, 1.807) is 21.9 Å². The van der Waals surface area contributed by atoms with E-state index in [1.165, 1.54) is 0 Å². The van der Waals surface area contributed by atoms with Gasteiger partial charge in [0, 0.05) is 36.6 Å². The van der Waals surface area contributed by atoms with E-state index < -0.39 is 0 Å². The molecule has 0 spiro atoms. The third-order valence-electron chi connectivity index (χ3n) is 4.86. The molecular weight excluding hydrogens is 364 g/mol. The number of hydrogen-bond acceptors (Lipinski definition) is 3. The minimum absolute atomic E-state index is 0.0645. The van der Waals surface area contributed by atoms with Crippen molar-refractivity contribution in [1.29, 1.82) is 0 Å². The highest BCUT2D eigenvalue weighted by atomic mass is 35.5. The first-order valence-corrected chi connectivity index (χ1v) is 9.24. The molecule has 0 bridgehead atoms. The number of H-pyrrole nitrogens is 1. The Bertz CT molecular complexity index is 975. The van der Waals surface area contributed by atoms with Gasteiger partial charge in [-0.05, 0) is 23.8 Å². The van der Waals surface area contributed by atoms with E-state index in [9.17, 15) is 9.59 Å². The lowest BCUT2D eigenvalue weighted by Gasteiger charge is -2.34. The average molecular weight is 383 g/mol. The highest BCUT2D eigenvalue weighted by Gasteiger charge is 2.27. The number of nitrogens with zero attached hydrogens (tertiary/aromatic N) is 3. The third kappa shape index (κ3) is 3.66. The Labute approximate surface area is 161 Å². The Balaban J connectivity index is 1.37. The van der Waals surface area contributed by atoms with Crippen LogP contribution in [-0.4, -0.2) is 58.0 Å². The van der Waals surface area contributed by atoms with Crippen molar-refractivity contribution in [2.45, 2.75) is 6.42 Å². The van der Waals surface area contributed by atoms with Crippen molar-refractivity contribution >= 4 is 34.3 Å². The predicted molar refractivity (Wildman–Crippen MR) is 104 cm³/mol. The van der Waals surface area contributed by atoms with E-state index in [0.29, 0.717) is 43.3 Å². The highest BCUT2D eigenvalue weighted by molar-refractivity contribution is 6.30. The quantitative estimate of drug-likeness (QED) is 0.757. The molecule has 0 unspecified atom stereocenters. The topological polar surface area (TPSA) is 69.3 Å². The second-order valence-corrected chi connectivity index (χ2v) is 7.03. The van der Waals surface area contributed by atoms with E-state index in [4.69, 9.17) is 11.6 Å². The molecule has 27 heavy (non-hydrogen) atoms. The van der Waals surface area contributed by atoms with Crippen molar-refractivity contribution in [2.75, 3.05) is 26.2 Å². The molecule has 6 nitrogen and oxygen atoms in total. The van der Waals surface area contributed by atoms with Gasteiger partial charge in [-0.1, -0.05) is 41.9 Å². The molecule has 2 amide bonds. The lowest BCUT2D eigenvalue weighted by Crippen LogP contribution is -2.51. The van der Waals surface area contributed by atoms with Crippen LogP contribution in [0.3, 0.4) is 0 Å². The summed E-state index contributed by atoms with van der Waals surface area (Å²) in [6.07, 6.45) is 0.342. The van der Waals surface area contributed by atoms with Crippen LogP contribution in [0.4, 0.5) is 0 Å². The van der Waals surface area contributed by atoms with Crippen LogP contribution in [0.5, 0.6) is 0 Å². The summed E-state index contributed by atoms with van der Waals surface area (Å²) in [5.74, 6) is -0.0353. The van der Waals surface area contributed by atoms with Crippen LogP contribution >= 0.6 is 11.6 Å². The fourth-order valence-electron chi connectivity index (χ4n) is 3.32. The second-order valence-electron chi connectivity index (χ2n) is 6.59. The average Bonchev–Trinajstić information content (AvgIpc) is 3.13. The zero-order valence-corrected chi connectivity index (χ0v) is 15.4. The summed E-state index contributed by atoms with van der Waals surface area (Å²) in [4.78, 5) is 28.9. The molecule has 3 aromatic rings. The standard InChI is InChI=1S/C20H19ClN4O2/c21-15-7-5-14(6-8-15)13-18(26)24-9-11-25(12-10-24)20(27)19-16-3-1-2-4-17(16)22-23-19/h1-8H,9-13H2,(H,22,23). The van der Waals surface area contributed by atoms with Gasteiger partial charge < -0.3 is 9.80 Å². The van der Waals surface area contributed by atoms with E-state index in [-0.39, 0.29) is 11.8 Å². The number of piperazine rings is 1. The van der Waals surface area contributed by atoms with E-state index in [2.05, 4.69) is 10.2 Å². The fourth-order valence-corrected chi connectivity index (χ4v) is 3.45. The number of halogens is 1. The largest absolute Gasteiger partial charge is 0.339 e. The van der Waals surface area contributed by atoms with Crippen molar-refractivity contribution in [2.24, 2.45) is 0 Å². The number of carbonyl (C=O) groups is 2. The zero-order valence-electron chi connectivity index (χ0n) is 14.7. The molecule has 1 aliphatic rings. The molecule has 1 N–H and O–H groups in total. The number of benzene rings is 2. The first-order valence-electron chi connectivity index (χ1n) is 8.86. The summed E-state index contributed by atoms with van der Waals surface area (Å²) < 4.78 is 0. The molecule has 1 fully saturated rings. The molecule has 2 aromatic carbocycles. The number of amides is 2. The minimum atomic E-state index is -0.0998. The summed E-state index contributed by atoms with van der Waals surface area (Å²) >= 11 is 5.88. The summed E-state index contributed by atoms with van der Waals surface area (Å²) in [7, 11) is 0. The number of rotatable bonds is 3. The molecule has 0 aliphatic carbocycles. The minimum Gasteiger partial charge on any atom is -0.339 e. The van der Waals surface area contributed by atoms with Crippen LogP contribution in [0.2, 0.25) is 5.02 Å². The van der Waals surface area contributed by atoms with Crippen LogP contribution in [-0.2, 0) is 11.2 Å². The van der Waals surface area contributed by atoms with Crippen LogP contribution in [0.15, 0.2) is 48.5 Å². The van der Waals surface area contributed by atoms with E-state index in [0.717, 1.165) is 16.5 Å². The molecule has 1 saturated heterocycles. The summed E-state index contributed by atoms with van der Waals surface area (Å²) in [6.45, 7) is 2.07. The van der Waals surface area contributed by atoms with Gasteiger partial charge in [-0.2, -0.15) is 5.10 Å². The predicted octanol–water partition coefficient (Wildman–Crippen LogP) is 2.74. The van der Waals surface area contributed by atoms with E-state index in [1.807, 2.05) is 36.4 Å². The lowest BCUT2D eigenvalue weighted by molar-refractivity contribution is -0.131. The van der Waals surface area contributed by atoms with Crippen molar-refractivity contribution in [1.82, 2.24) is 20.0 Å². The van der Waals surface area contributed by atoms with Gasteiger partial charge >= 0.3 is 0 Å². The Kier molecular flexibility index (Phi) is 4.81. The molecule has 0 radical (unpaired) electrons. The number of para-hydroxylation sites is 1. The molecular formula is C20H19ClN4O2. The lowest BCUT2D eigenvalue weighted by atomic mass is 10.1. The first kappa shape index (κ1) is 17.5. The molecule has 1 aromatic heterocycles. The van der Waals surface area contributed by atoms with Gasteiger partial charge in [0.25, 0.3) is 5.91 Å². The number of hydrogen-bond donors (Lipinski definition) is 1. The second kappa shape index (κ2) is 7.40. The number of nitrogens with one attached hydrogen (secondary N) is 1. The molecule has 7 heteroatoms. The SMILES string of the molecule is O=C(Cc1ccc(Cl)cc1)N1CCN(C(=O)c2n[nH]c3ccccc23)CC1. The normalized spacial score (nSPS) is 14.6. The molecule has 2 heterocycles. The van der Waals surface area contributed by atoms with Crippen LogP contribution < -0.4 is 0 Å². The maximum absolute atomic E-state index is 12.8. The van der Waals surface area contributed by atoms with Gasteiger partial charge in [0.15, 0.2) is 5.69 Å². The number of aromatic amines is 1. The van der Waals surface area contributed by atoms with Gasteiger partial charge in [-0.3, -0.25) is 14.7 Å². The summed E-state index contributed by atoms with van der Waals surface area (Å²) in [5, 5.41) is 8.55. The fraction of sp³-hybridized carbons (Fsp3) is 0.250. The monoisotopic (exact) mass is 382 g/mol. The summed E-state index contributed by atoms with van der Waals surface area (Å²) in [6, 6.07) is 14.9. The van der Waals surface area contributed by atoms with Crippen LogP contribution in [0, 0.1) is 0 Å². The van der Waals surface area contributed by atoms with E-state index >= 15 is 0 Å². The van der Waals surface area contributed by atoms with Gasteiger partial charge in [-0.15, -0.1) is 0 Å². The van der Waals surface area contributed by atoms with Gasteiger partial charge in [0.2, 0.25) is 5.91 Å². The highest BCUT2D eigenvalue weighted by Crippen LogP contribution is 2.18. The Morgan fingerprint density at radius 2 is 1.63 bits per heavy atom. The van der Waals surface area contributed by atoms with Crippen molar-refractivity contribution in [3.8, 4) is 0 Å². The van der Waals surface area contributed by atoms with Crippen LogP contribution in [0.1, 0.15) is 16.1 Å². The molecule has 138 valence electrons. The number of fused-ring (bicyclic) bond motifs is 1. The first-order chi connectivity index (χ1) is 13.1. The molecule has 0 atom stereocenters. The maximum atomic E-state index is 12.8. The van der Waals surface area contributed by atoms with Crippen molar-refractivity contribution in [3.05, 3.63) is 64.8 Å². The number of carbonyl (C=O) groups excluding carboxylic acids is 2. The van der Waals surface area contributed by atoms with Crippen molar-refractivity contribution < 1.29 is 9.59 Å². The molecule has 1 aliphatic heterocycles. The zero-order chi connectivity index (χ0) is 18.8. The van der Waals surface area contributed by atoms with Gasteiger partial charge in [0.1, 0.15) is 0 Å².